The van der Waals surface area contributed by atoms with Crippen molar-refractivity contribution < 1.29 is 9.90 Å². The molecule has 1 saturated heterocycles. The van der Waals surface area contributed by atoms with Crippen molar-refractivity contribution in [2.75, 3.05) is 32.1 Å². The van der Waals surface area contributed by atoms with E-state index in [1.807, 2.05) is 31.1 Å². The van der Waals surface area contributed by atoms with E-state index in [2.05, 4.69) is 20.2 Å². The topological polar surface area (TPSA) is 81.6 Å². The average molecular weight is 381 g/mol. The number of benzene rings is 1. The van der Waals surface area contributed by atoms with Crippen molar-refractivity contribution in [3.8, 4) is 5.75 Å². The van der Waals surface area contributed by atoms with Crippen molar-refractivity contribution in [1.29, 1.82) is 0 Å². The normalized spacial score (nSPS) is 17.6. The van der Waals surface area contributed by atoms with Gasteiger partial charge in [-0.15, -0.1) is 0 Å². The van der Waals surface area contributed by atoms with Crippen LogP contribution in [0, 0.1) is 0 Å². The Kier molecular flexibility index (Phi) is 6.60. The Hall–Kier alpha value is -2.93. The van der Waals surface area contributed by atoms with Crippen LogP contribution in [0.15, 0.2) is 42.7 Å². The highest BCUT2D eigenvalue weighted by Crippen LogP contribution is 2.17. The summed E-state index contributed by atoms with van der Waals surface area (Å²) in [5.74, 6) is 0.809. The van der Waals surface area contributed by atoms with Crippen molar-refractivity contribution in [2.45, 2.75) is 25.4 Å². The summed E-state index contributed by atoms with van der Waals surface area (Å²) >= 11 is 0. The van der Waals surface area contributed by atoms with Crippen LogP contribution in [-0.2, 0) is 11.3 Å². The lowest BCUT2D eigenvalue weighted by atomic mass is 10.0. The quantitative estimate of drug-likeness (QED) is 0.746. The molecular weight excluding hydrogens is 354 g/mol. The number of aromatic nitrogens is 2. The van der Waals surface area contributed by atoms with E-state index in [1.165, 1.54) is 6.08 Å². The van der Waals surface area contributed by atoms with Crippen molar-refractivity contribution in [2.24, 2.45) is 0 Å². The maximum absolute atomic E-state index is 12.3. The summed E-state index contributed by atoms with van der Waals surface area (Å²) in [7, 11) is 3.76. The number of carbonyl (C=O) groups excluding carboxylic acids is 1. The van der Waals surface area contributed by atoms with Crippen LogP contribution in [0.4, 0.5) is 5.95 Å². The molecule has 1 aromatic heterocycles. The molecule has 1 aliphatic heterocycles. The number of hydrogen-bond donors (Lipinski definition) is 2. The second-order valence-corrected chi connectivity index (χ2v) is 7.30. The predicted molar refractivity (Wildman–Crippen MR) is 110 cm³/mol. The van der Waals surface area contributed by atoms with Gasteiger partial charge in [0.15, 0.2) is 0 Å². The van der Waals surface area contributed by atoms with Gasteiger partial charge in [-0.25, -0.2) is 9.97 Å². The highest BCUT2D eigenvalue weighted by atomic mass is 16.3. The zero-order valence-electron chi connectivity index (χ0n) is 16.4. The van der Waals surface area contributed by atoms with E-state index in [0.29, 0.717) is 5.95 Å². The molecule has 2 heterocycles. The Morgan fingerprint density at radius 2 is 2.14 bits per heavy atom. The van der Waals surface area contributed by atoms with Crippen molar-refractivity contribution in [3.63, 3.8) is 0 Å². The van der Waals surface area contributed by atoms with Gasteiger partial charge in [0.1, 0.15) is 5.75 Å². The van der Waals surface area contributed by atoms with Crippen LogP contribution in [0.3, 0.4) is 0 Å². The van der Waals surface area contributed by atoms with E-state index >= 15 is 0 Å². The zero-order chi connectivity index (χ0) is 19.9. The molecule has 28 heavy (non-hydrogen) atoms. The fraction of sp³-hybridized carbons (Fsp3) is 0.381. The third kappa shape index (κ3) is 5.79. The van der Waals surface area contributed by atoms with E-state index in [-0.39, 0.29) is 17.7 Å². The Bertz CT molecular complexity index is 820. The first-order valence-corrected chi connectivity index (χ1v) is 9.48. The van der Waals surface area contributed by atoms with E-state index in [1.54, 1.807) is 30.6 Å². The molecule has 0 spiro atoms. The Morgan fingerprint density at radius 1 is 1.36 bits per heavy atom. The number of nitrogens with zero attached hydrogens (tertiary/aromatic N) is 4. The summed E-state index contributed by atoms with van der Waals surface area (Å²) < 4.78 is 0. The van der Waals surface area contributed by atoms with Crippen molar-refractivity contribution in [3.05, 3.63) is 53.9 Å². The number of nitrogens with one attached hydrogen (secondary N) is 1. The summed E-state index contributed by atoms with van der Waals surface area (Å²) in [6.45, 7) is 2.56. The monoisotopic (exact) mass is 381 g/mol. The van der Waals surface area contributed by atoms with E-state index in [0.717, 1.165) is 43.6 Å². The lowest BCUT2D eigenvalue weighted by Gasteiger charge is -2.33. The van der Waals surface area contributed by atoms with Gasteiger partial charge in [-0.3, -0.25) is 9.69 Å². The first kappa shape index (κ1) is 19.8. The van der Waals surface area contributed by atoms with Gasteiger partial charge in [0.25, 0.3) is 0 Å². The van der Waals surface area contributed by atoms with Gasteiger partial charge in [-0.05, 0) is 43.2 Å². The number of aromatic hydroxyl groups is 1. The van der Waals surface area contributed by atoms with Gasteiger partial charge in [-0.2, -0.15) is 0 Å². The van der Waals surface area contributed by atoms with E-state index < -0.39 is 0 Å². The fourth-order valence-corrected chi connectivity index (χ4v) is 3.30. The number of phenols is 1. The van der Waals surface area contributed by atoms with E-state index in [9.17, 15) is 9.90 Å². The molecule has 1 fully saturated rings. The molecule has 7 heteroatoms. The molecule has 7 nitrogen and oxygen atoms in total. The predicted octanol–water partition coefficient (Wildman–Crippen LogP) is 2.04. The van der Waals surface area contributed by atoms with Gasteiger partial charge < -0.3 is 15.3 Å². The molecule has 1 aromatic carbocycles. The fourth-order valence-electron chi connectivity index (χ4n) is 3.30. The van der Waals surface area contributed by atoms with Crippen molar-refractivity contribution in [1.82, 2.24) is 20.2 Å². The van der Waals surface area contributed by atoms with E-state index in [4.69, 9.17) is 0 Å². The smallest absolute Gasteiger partial charge is 0.244 e. The van der Waals surface area contributed by atoms with Gasteiger partial charge >= 0.3 is 0 Å². The summed E-state index contributed by atoms with van der Waals surface area (Å²) in [6, 6.07) is 7.44. The molecule has 2 aromatic rings. The summed E-state index contributed by atoms with van der Waals surface area (Å²) in [4.78, 5) is 24.9. The second-order valence-electron chi connectivity index (χ2n) is 7.30. The standard InChI is InChI=1S/C21H27N5O2/c1-25(2)21-22-12-17(13-23-21)8-9-20(28)24-18-6-4-10-26(15-18)14-16-5-3-7-19(27)11-16/h3,5,7-9,11-13,18,27H,4,6,10,14-15H2,1-2H3,(H,24,28). The third-order valence-corrected chi connectivity index (χ3v) is 4.65. The molecule has 0 radical (unpaired) electrons. The number of carbonyl (C=O) groups is 1. The number of phenolic OH excluding ortho intramolecular Hbond substituents is 1. The van der Waals surface area contributed by atoms with Crippen LogP contribution >= 0.6 is 0 Å². The highest BCUT2D eigenvalue weighted by molar-refractivity contribution is 5.91. The first-order valence-electron chi connectivity index (χ1n) is 9.48. The Morgan fingerprint density at radius 3 is 2.86 bits per heavy atom. The maximum Gasteiger partial charge on any atom is 0.244 e. The van der Waals surface area contributed by atoms with Gasteiger partial charge in [0, 0.05) is 57.3 Å². The summed E-state index contributed by atoms with van der Waals surface area (Å²) in [5, 5.41) is 12.7. The molecule has 1 unspecified atom stereocenters. The molecular formula is C21H27N5O2. The number of rotatable bonds is 6. The van der Waals surface area contributed by atoms with Gasteiger partial charge in [0.05, 0.1) is 0 Å². The molecule has 3 rings (SSSR count). The minimum Gasteiger partial charge on any atom is -0.508 e. The van der Waals surface area contributed by atoms with Crippen LogP contribution in [0.25, 0.3) is 6.08 Å². The SMILES string of the molecule is CN(C)c1ncc(C=CC(=O)NC2CCCN(Cc3cccc(O)c3)C2)cn1. The van der Waals surface area contributed by atoms with Crippen LogP contribution in [-0.4, -0.2) is 59.1 Å². The molecule has 0 saturated carbocycles. The molecule has 2 N–H and O–H groups in total. The largest absolute Gasteiger partial charge is 0.508 e. The third-order valence-electron chi connectivity index (χ3n) is 4.65. The lowest BCUT2D eigenvalue weighted by Crippen LogP contribution is -2.46. The maximum atomic E-state index is 12.3. The number of piperidine rings is 1. The Balaban J connectivity index is 1.50. The molecule has 148 valence electrons. The number of anilines is 1. The van der Waals surface area contributed by atoms with Gasteiger partial charge in [-0.1, -0.05) is 12.1 Å². The zero-order valence-corrected chi connectivity index (χ0v) is 16.4. The molecule has 0 bridgehead atoms. The minimum absolute atomic E-state index is 0.110. The number of likely N-dealkylation sites (tertiary alicyclic amines) is 1. The van der Waals surface area contributed by atoms with Crippen LogP contribution in [0.1, 0.15) is 24.0 Å². The molecule has 1 atom stereocenters. The molecule has 1 aliphatic rings. The Labute approximate surface area is 165 Å². The minimum atomic E-state index is -0.110. The first-order chi connectivity index (χ1) is 13.5. The summed E-state index contributed by atoms with van der Waals surface area (Å²) in [6.07, 6.45) is 8.65. The molecule has 1 amide bonds. The molecule has 0 aliphatic carbocycles. The highest BCUT2D eigenvalue weighted by Gasteiger charge is 2.20. The average Bonchev–Trinajstić information content (AvgIpc) is 2.67. The van der Waals surface area contributed by atoms with Crippen LogP contribution < -0.4 is 10.2 Å². The van der Waals surface area contributed by atoms with Crippen LogP contribution in [0.5, 0.6) is 5.75 Å². The lowest BCUT2D eigenvalue weighted by molar-refractivity contribution is -0.117. The summed E-state index contributed by atoms with van der Waals surface area (Å²) in [5.41, 5.74) is 1.86. The number of hydrogen-bond acceptors (Lipinski definition) is 6. The van der Waals surface area contributed by atoms with Crippen LogP contribution in [0.2, 0.25) is 0 Å². The number of amides is 1. The second kappa shape index (κ2) is 9.32. The van der Waals surface area contributed by atoms with Crippen molar-refractivity contribution >= 4 is 17.9 Å². The van der Waals surface area contributed by atoms with Gasteiger partial charge in [0.2, 0.25) is 11.9 Å².